The number of ether oxygens (including phenoxy) is 2. The Labute approximate surface area is 154 Å². The maximum atomic E-state index is 12.8. The van der Waals surface area contributed by atoms with Gasteiger partial charge in [0.2, 0.25) is 5.91 Å². The molecule has 0 bridgehead atoms. The predicted molar refractivity (Wildman–Crippen MR) is 101 cm³/mol. The minimum atomic E-state index is -0.435. The third-order valence-electron chi connectivity index (χ3n) is 4.81. The molecule has 1 aliphatic rings. The number of carbonyl (C=O) groups is 1. The number of nitrogens with one attached hydrogen (secondary N) is 1. The van der Waals surface area contributed by atoms with Crippen LogP contribution >= 0.6 is 0 Å². The van der Waals surface area contributed by atoms with Crippen LogP contribution < -0.4 is 15.8 Å². The lowest BCUT2D eigenvalue weighted by Crippen LogP contribution is -2.38. The van der Waals surface area contributed by atoms with Gasteiger partial charge in [0.05, 0.1) is 19.3 Å². The highest BCUT2D eigenvalue weighted by molar-refractivity contribution is 5.82. The molecule has 2 aromatic carbocycles. The summed E-state index contributed by atoms with van der Waals surface area (Å²) >= 11 is 0. The van der Waals surface area contributed by atoms with E-state index in [9.17, 15) is 4.79 Å². The lowest BCUT2D eigenvalue weighted by molar-refractivity contribution is -0.132. The zero-order valence-corrected chi connectivity index (χ0v) is 15.3. The number of carbonyl (C=O) groups excluding carboxylic acids is 1. The summed E-state index contributed by atoms with van der Waals surface area (Å²) in [5.74, 6) is 0.690. The van der Waals surface area contributed by atoms with Gasteiger partial charge in [0.15, 0.2) is 0 Å². The molecular weight excluding hydrogens is 328 g/mol. The summed E-state index contributed by atoms with van der Waals surface area (Å²) in [5.41, 5.74) is 8.86. The second kappa shape index (κ2) is 8.34. The van der Waals surface area contributed by atoms with Crippen LogP contribution in [0.2, 0.25) is 0 Å². The van der Waals surface area contributed by atoms with E-state index in [1.165, 1.54) is 5.56 Å². The molecule has 3 rings (SSSR count). The van der Waals surface area contributed by atoms with Gasteiger partial charge in [0.25, 0.3) is 0 Å². The molecular formula is C21H26N2O3. The second-order valence-corrected chi connectivity index (χ2v) is 6.69. The molecule has 26 heavy (non-hydrogen) atoms. The molecule has 0 saturated carbocycles. The SMILES string of the molecule is COc1ccc(C(NC(=O)[C@@H]2CC[C@H](CN)O2)c2ccc(C)cc2)cc1. The molecule has 1 heterocycles. The van der Waals surface area contributed by atoms with Crippen molar-refractivity contribution in [2.24, 2.45) is 5.73 Å². The third kappa shape index (κ3) is 4.23. The van der Waals surface area contributed by atoms with Gasteiger partial charge in [0.1, 0.15) is 11.9 Å². The molecule has 0 aliphatic carbocycles. The van der Waals surface area contributed by atoms with E-state index >= 15 is 0 Å². The number of benzene rings is 2. The van der Waals surface area contributed by atoms with E-state index < -0.39 is 6.10 Å². The highest BCUT2D eigenvalue weighted by Crippen LogP contribution is 2.26. The van der Waals surface area contributed by atoms with Gasteiger partial charge in [-0.1, -0.05) is 42.0 Å². The smallest absolute Gasteiger partial charge is 0.249 e. The van der Waals surface area contributed by atoms with Crippen molar-refractivity contribution < 1.29 is 14.3 Å². The van der Waals surface area contributed by atoms with E-state index in [1.807, 2.05) is 43.3 Å². The van der Waals surface area contributed by atoms with Crippen LogP contribution in [0.5, 0.6) is 5.75 Å². The Kier molecular flexibility index (Phi) is 5.91. The van der Waals surface area contributed by atoms with Gasteiger partial charge in [-0.25, -0.2) is 0 Å². The third-order valence-corrected chi connectivity index (χ3v) is 4.81. The lowest BCUT2D eigenvalue weighted by Gasteiger charge is -2.22. The lowest BCUT2D eigenvalue weighted by atomic mass is 9.97. The summed E-state index contributed by atoms with van der Waals surface area (Å²) in [7, 11) is 1.64. The van der Waals surface area contributed by atoms with E-state index in [0.29, 0.717) is 13.0 Å². The first-order valence-electron chi connectivity index (χ1n) is 8.97. The van der Waals surface area contributed by atoms with Crippen molar-refractivity contribution in [3.05, 3.63) is 65.2 Å². The highest BCUT2D eigenvalue weighted by Gasteiger charge is 2.31. The van der Waals surface area contributed by atoms with Crippen LogP contribution in [-0.2, 0) is 9.53 Å². The summed E-state index contributed by atoms with van der Waals surface area (Å²) in [6, 6.07) is 15.7. The predicted octanol–water partition coefficient (Wildman–Crippen LogP) is 2.72. The minimum Gasteiger partial charge on any atom is -0.497 e. The summed E-state index contributed by atoms with van der Waals surface area (Å²) in [5, 5.41) is 3.15. The first-order chi connectivity index (χ1) is 12.6. The fourth-order valence-electron chi connectivity index (χ4n) is 3.22. The van der Waals surface area contributed by atoms with Gasteiger partial charge in [-0.05, 0) is 43.0 Å². The maximum absolute atomic E-state index is 12.8. The summed E-state index contributed by atoms with van der Waals surface area (Å²) in [4.78, 5) is 12.8. The first kappa shape index (κ1) is 18.4. The molecule has 1 amide bonds. The minimum absolute atomic E-state index is 0.0236. The molecule has 1 unspecified atom stereocenters. The summed E-state index contributed by atoms with van der Waals surface area (Å²) in [6.07, 6.45) is 1.07. The van der Waals surface area contributed by atoms with Crippen LogP contribution in [0.1, 0.15) is 35.6 Å². The van der Waals surface area contributed by atoms with E-state index in [0.717, 1.165) is 23.3 Å². The molecule has 0 radical (unpaired) electrons. The van der Waals surface area contributed by atoms with E-state index in [4.69, 9.17) is 15.2 Å². The number of methoxy groups -OCH3 is 1. The average molecular weight is 354 g/mol. The van der Waals surface area contributed by atoms with Crippen molar-refractivity contribution in [2.75, 3.05) is 13.7 Å². The number of amides is 1. The van der Waals surface area contributed by atoms with Gasteiger partial charge in [-0.15, -0.1) is 0 Å². The van der Waals surface area contributed by atoms with E-state index in [-0.39, 0.29) is 18.1 Å². The van der Waals surface area contributed by atoms with Crippen LogP contribution in [0.3, 0.4) is 0 Å². The molecule has 5 nitrogen and oxygen atoms in total. The van der Waals surface area contributed by atoms with Gasteiger partial charge >= 0.3 is 0 Å². The standard InChI is InChI=1S/C21H26N2O3/c1-14-3-5-15(6-4-14)20(16-7-9-17(25-2)10-8-16)23-21(24)19-12-11-18(13-22)26-19/h3-10,18-20H,11-13,22H2,1-2H3,(H,23,24)/t18-,19+,20?/m1/s1. The van der Waals surface area contributed by atoms with Gasteiger partial charge < -0.3 is 20.5 Å². The number of hydrogen-bond donors (Lipinski definition) is 2. The molecule has 1 saturated heterocycles. The fraction of sp³-hybridized carbons (Fsp3) is 0.381. The Bertz CT molecular complexity index is 728. The molecule has 3 N–H and O–H groups in total. The molecule has 1 aliphatic heterocycles. The van der Waals surface area contributed by atoms with Crippen LogP contribution in [0.15, 0.2) is 48.5 Å². The summed E-state index contributed by atoms with van der Waals surface area (Å²) in [6.45, 7) is 2.49. The molecule has 138 valence electrons. The van der Waals surface area contributed by atoms with Crippen LogP contribution in [-0.4, -0.2) is 31.8 Å². The molecule has 5 heteroatoms. The summed E-state index contributed by atoms with van der Waals surface area (Å²) < 4.78 is 11.0. The van der Waals surface area contributed by atoms with Crippen LogP contribution in [0.4, 0.5) is 0 Å². The average Bonchev–Trinajstić information content (AvgIpc) is 3.16. The maximum Gasteiger partial charge on any atom is 0.249 e. The molecule has 1 fully saturated rings. The van der Waals surface area contributed by atoms with Crippen LogP contribution in [0.25, 0.3) is 0 Å². The Morgan fingerprint density at radius 3 is 2.31 bits per heavy atom. The number of rotatable bonds is 6. The molecule has 0 spiro atoms. The zero-order valence-electron chi connectivity index (χ0n) is 15.3. The first-order valence-corrected chi connectivity index (χ1v) is 8.97. The van der Waals surface area contributed by atoms with Crippen molar-refractivity contribution in [3.63, 3.8) is 0 Å². The quantitative estimate of drug-likeness (QED) is 0.836. The van der Waals surface area contributed by atoms with Crippen molar-refractivity contribution in [2.45, 2.75) is 38.0 Å². The van der Waals surface area contributed by atoms with E-state index in [1.54, 1.807) is 7.11 Å². The Hall–Kier alpha value is -2.37. The fourth-order valence-corrected chi connectivity index (χ4v) is 3.22. The molecule has 3 atom stereocenters. The topological polar surface area (TPSA) is 73.6 Å². The monoisotopic (exact) mass is 354 g/mol. The number of hydrogen-bond acceptors (Lipinski definition) is 4. The largest absolute Gasteiger partial charge is 0.497 e. The van der Waals surface area contributed by atoms with E-state index in [2.05, 4.69) is 17.4 Å². The zero-order chi connectivity index (χ0) is 18.5. The Morgan fingerprint density at radius 1 is 1.15 bits per heavy atom. The molecule has 2 aromatic rings. The van der Waals surface area contributed by atoms with Gasteiger partial charge in [-0.3, -0.25) is 4.79 Å². The van der Waals surface area contributed by atoms with Crippen molar-refractivity contribution in [1.29, 1.82) is 0 Å². The number of aryl methyl sites for hydroxylation is 1. The van der Waals surface area contributed by atoms with Crippen molar-refractivity contribution in [1.82, 2.24) is 5.32 Å². The normalized spacial score (nSPS) is 20.6. The van der Waals surface area contributed by atoms with Gasteiger partial charge in [0, 0.05) is 6.54 Å². The highest BCUT2D eigenvalue weighted by atomic mass is 16.5. The Balaban J connectivity index is 1.82. The molecule has 0 aromatic heterocycles. The second-order valence-electron chi connectivity index (χ2n) is 6.69. The Morgan fingerprint density at radius 2 is 1.77 bits per heavy atom. The van der Waals surface area contributed by atoms with Crippen molar-refractivity contribution >= 4 is 5.91 Å². The number of nitrogens with two attached hydrogens (primary N) is 1. The van der Waals surface area contributed by atoms with Crippen molar-refractivity contribution in [3.8, 4) is 5.75 Å². The van der Waals surface area contributed by atoms with Gasteiger partial charge in [-0.2, -0.15) is 0 Å². The van der Waals surface area contributed by atoms with Crippen LogP contribution in [0, 0.1) is 6.92 Å².